The molecule has 1 atom stereocenters. The molecule has 15 heavy (non-hydrogen) atoms. The Morgan fingerprint density at radius 1 is 1.33 bits per heavy atom. The predicted octanol–water partition coefficient (Wildman–Crippen LogP) is 3.55. The number of carbonyl (C=O) groups is 1. The molecule has 0 amide bonds. The van der Waals surface area contributed by atoms with Crippen molar-refractivity contribution in [1.29, 1.82) is 0 Å². The molecule has 0 heterocycles. The second kappa shape index (κ2) is 5.53. The van der Waals surface area contributed by atoms with Gasteiger partial charge in [-0.1, -0.05) is 33.1 Å². The van der Waals surface area contributed by atoms with E-state index in [4.69, 9.17) is 4.74 Å². The van der Waals surface area contributed by atoms with Crippen LogP contribution in [0.15, 0.2) is 0 Å². The van der Waals surface area contributed by atoms with Gasteiger partial charge in [-0.15, -0.1) is 0 Å². The highest BCUT2D eigenvalue weighted by Crippen LogP contribution is 2.43. The molecule has 88 valence electrons. The van der Waals surface area contributed by atoms with Gasteiger partial charge in [0.1, 0.15) is 0 Å². The van der Waals surface area contributed by atoms with Gasteiger partial charge in [-0.25, -0.2) is 0 Å². The monoisotopic (exact) mass is 212 g/mol. The summed E-state index contributed by atoms with van der Waals surface area (Å²) in [6.07, 6.45) is 7.14. The lowest BCUT2D eigenvalue weighted by molar-refractivity contribution is -0.145. The van der Waals surface area contributed by atoms with Crippen molar-refractivity contribution in [1.82, 2.24) is 0 Å². The molecule has 2 nitrogen and oxygen atoms in total. The topological polar surface area (TPSA) is 26.3 Å². The first-order valence-corrected chi connectivity index (χ1v) is 6.24. The van der Waals surface area contributed by atoms with Gasteiger partial charge in [0, 0.05) is 6.42 Å². The third-order valence-corrected chi connectivity index (χ3v) is 3.96. The van der Waals surface area contributed by atoms with Crippen LogP contribution < -0.4 is 0 Å². The van der Waals surface area contributed by atoms with Crippen LogP contribution in [0.2, 0.25) is 0 Å². The van der Waals surface area contributed by atoms with Crippen LogP contribution in [0.1, 0.15) is 59.3 Å². The maximum Gasteiger partial charge on any atom is 0.306 e. The summed E-state index contributed by atoms with van der Waals surface area (Å²) in [4.78, 5) is 11.4. The van der Waals surface area contributed by atoms with Crippen LogP contribution in [-0.2, 0) is 9.53 Å². The minimum Gasteiger partial charge on any atom is -0.466 e. The Balaban J connectivity index is 2.43. The lowest BCUT2D eigenvalue weighted by Crippen LogP contribution is -2.30. The van der Waals surface area contributed by atoms with Crippen molar-refractivity contribution in [2.45, 2.75) is 59.3 Å². The van der Waals surface area contributed by atoms with E-state index in [1.165, 1.54) is 32.1 Å². The van der Waals surface area contributed by atoms with E-state index in [9.17, 15) is 4.79 Å². The van der Waals surface area contributed by atoms with Crippen LogP contribution in [0.5, 0.6) is 0 Å². The fraction of sp³-hybridized carbons (Fsp3) is 0.923. The lowest BCUT2D eigenvalue weighted by Gasteiger charge is -2.38. The number of hydrogen-bond acceptors (Lipinski definition) is 2. The first kappa shape index (κ1) is 12.5. The van der Waals surface area contributed by atoms with Crippen LogP contribution >= 0.6 is 0 Å². The minimum absolute atomic E-state index is 0.0307. The van der Waals surface area contributed by atoms with Crippen LogP contribution in [-0.4, -0.2) is 12.6 Å². The van der Waals surface area contributed by atoms with E-state index in [2.05, 4.69) is 13.8 Å². The summed E-state index contributed by atoms with van der Waals surface area (Å²) in [5.41, 5.74) is 0.366. The van der Waals surface area contributed by atoms with Crippen molar-refractivity contribution in [3.05, 3.63) is 0 Å². The molecule has 0 aromatic heterocycles. The van der Waals surface area contributed by atoms with Crippen molar-refractivity contribution >= 4 is 5.97 Å². The summed E-state index contributed by atoms with van der Waals surface area (Å²) in [6, 6.07) is 0. The summed E-state index contributed by atoms with van der Waals surface area (Å²) < 4.78 is 5.01. The number of carbonyl (C=O) groups excluding carboxylic acids is 1. The average Bonchev–Trinajstić information content (AvgIpc) is 2.19. The highest BCUT2D eigenvalue weighted by Gasteiger charge is 2.33. The zero-order valence-corrected chi connectivity index (χ0v) is 10.3. The standard InChI is InChI=1S/C13H24O2/c1-4-15-12(14)10-11(2)13(3)8-6-5-7-9-13/h11H,4-10H2,1-3H3/t11-/m0/s1. The summed E-state index contributed by atoms with van der Waals surface area (Å²) in [5, 5.41) is 0. The summed E-state index contributed by atoms with van der Waals surface area (Å²) in [7, 11) is 0. The molecule has 1 aliphatic rings. The molecule has 1 aliphatic carbocycles. The zero-order chi connectivity index (χ0) is 11.3. The molecular weight excluding hydrogens is 188 g/mol. The number of rotatable bonds is 4. The van der Waals surface area contributed by atoms with E-state index >= 15 is 0 Å². The van der Waals surface area contributed by atoms with E-state index in [0.717, 1.165) is 0 Å². The molecule has 0 aromatic carbocycles. The number of ether oxygens (including phenoxy) is 1. The van der Waals surface area contributed by atoms with Crippen molar-refractivity contribution in [3.63, 3.8) is 0 Å². The predicted molar refractivity (Wildman–Crippen MR) is 61.6 cm³/mol. The Hall–Kier alpha value is -0.530. The van der Waals surface area contributed by atoms with Gasteiger partial charge >= 0.3 is 5.97 Å². The molecule has 1 rings (SSSR count). The van der Waals surface area contributed by atoms with Gasteiger partial charge in [0.05, 0.1) is 6.61 Å². The van der Waals surface area contributed by atoms with Crippen molar-refractivity contribution in [3.8, 4) is 0 Å². The number of esters is 1. The zero-order valence-electron chi connectivity index (χ0n) is 10.3. The van der Waals surface area contributed by atoms with Crippen LogP contribution in [0.25, 0.3) is 0 Å². The highest BCUT2D eigenvalue weighted by atomic mass is 16.5. The van der Waals surface area contributed by atoms with Crippen molar-refractivity contribution in [2.24, 2.45) is 11.3 Å². The molecule has 2 heteroatoms. The molecule has 0 radical (unpaired) electrons. The fourth-order valence-corrected chi connectivity index (χ4v) is 2.57. The SMILES string of the molecule is CCOC(=O)C[C@H](C)C1(C)CCCCC1. The third kappa shape index (κ3) is 3.51. The molecule has 1 saturated carbocycles. The molecule has 0 spiro atoms. The Kier molecular flexibility index (Phi) is 4.62. The third-order valence-electron chi connectivity index (χ3n) is 3.96. The molecule has 0 unspecified atom stereocenters. The van der Waals surface area contributed by atoms with Crippen molar-refractivity contribution in [2.75, 3.05) is 6.61 Å². The first-order chi connectivity index (χ1) is 7.08. The van der Waals surface area contributed by atoms with Gasteiger partial charge in [-0.3, -0.25) is 4.79 Å². The molecule has 1 fully saturated rings. The van der Waals surface area contributed by atoms with Crippen LogP contribution in [0.4, 0.5) is 0 Å². The highest BCUT2D eigenvalue weighted by molar-refractivity contribution is 5.69. The van der Waals surface area contributed by atoms with Gasteiger partial charge in [-0.05, 0) is 31.1 Å². The Labute approximate surface area is 93.4 Å². The smallest absolute Gasteiger partial charge is 0.306 e. The Bertz CT molecular complexity index is 205. The van der Waals surface area contributed by atoms with E-state index < -0.39 is 0 Å². The molecule has 0 saturated heterocycles. The normalized spacial score (nSPS) is 22.1. The molecule has 0 aromatic rings. The van der Waals surface area contributed by atoms with E-state index in [1.54, 1.807) is 0 Å². The van der Waals surface area contributed by atoms with E-state index in [1.807, 2.05) is 6.92 Å². The summed E-state index contributed by atoms with van der Waals surface area (Å²) >= 11 is 0. The lowest BCUT2D eigenvalue weighted by atomic mass is 9.67. The van der Waals surface area contributed by atoms with E-state index in [-0.39, 0.29) is 5.97 Å². The fourth-order valence-electron chi connectivity index (χ4n) is 2.57. The maximum atomic E-state index is 11.4. The minimum atomic E-state index is -0.0307. The molecular formula is C13H24O2. The van der Waals surface area contributed by atoms with Gasteiger partial charge in [0.15, 0.2) is 0 Å². The van der Waals surface area contributed by atoms with E-state index in [0.29, 0.717) is 24.4 Å². The second-order valence-corrected chi connectivity index (χ2v) is 5.12. The molecule has 0 aliphatic heterocycles. The van der Waals surface area contributed by atoms with Gasteiger partial charge in [-0.2, -0.15) is 0 Å². The number of hydrogen-bond donors (Lipinski definition) is 0. The van der Waals surface area contributed by atoms with Gasteiger partial charge in [0.25, 0.3) is 0 Å². The molecule has 0 N–H and O–H groups in total. The maximum absolute atomic E-state index is 11.4. The Morgan fingerprint density at radius 3 is 2.47 bits per heavy atom. The summed E-state index contributed by atoms with van der Waals surface area (Å²) in [5.74, 6) is 0.425. The summed E-state index contributed by atoms with van der Waals surface area (Å²) in [6.45, 7) is 6.89. The van der Waals surface area contributed by atoms with Crippen LogP contribution in [0.3, 0.4) is 0 Å². The first-order valence-electron chi connectivity index (χ1n) is 6.24. The van der Waals surface area contributed by atoms with Crippen LogP contribution in [0, 0.1) is 11.3 Å². The largest absolute Gasteiger partial charge is 0.466 e. The quantitative estimate of drug-likeness (QED) is 0.666. The molecule has 0 bridgehead atoms. The van der Waals surface area contributed by atoms with Crippen molar-refractivity contribution < 1.29 is 9.53 Å². The second-order valence-electron chi connectivity index (χ2n) is 5.12. The van der Waals surface area contributed by atoms with Gasteiger partial charge < -0.3 is 4.74 Å². The average molecular weight is 212 g/mol. The van der Waals surface area contributed by atoms with Gasteiger partial charge in [0.2, 0.25) is 0 Å². The Morgan fingerprint density at radius 2 is 1.93 bits per heavy atom.